The van der Waals surface area contributed by atoms with Crippen molar-refractivity contribution in [3.05, 3.63) is 76.7 Å². The molecule has 0 atom stereocenters. The van der Waals surface area contributed by atoms with E-state index in [0.717, 1.165) is 32.9 Å². The minimum Gasteiger partial charge on any atom is -0.339 e. The molecule has 0 saturated heterocycles. The van der Waals surface area contributed by atoms with E-state index in [0.29, 0.717) is 0 Å². The molecule has 0 spiro atoms. The monoisotopic (exact) mass is 392 g/mol. The number of fused-ring (bicyclic) bond motifs is 1. The third kappa shape index (κ3) is 3.03. The Morgan fingerprint density at radius 1 is 1.04 bits per heavy atom. The number of hydrogen-bond acceptors (Lipinski definition) is 3. The number of nitrogens with one attached hydrogen (secondary N) is 1. The van der Waals surface area contributed by atoms with Gasteiger partial charge in [-0.05, 0) is 37.6 Å². The molecule has 0 unspecified atom stereocenters. The van der Waals surface area contributed by atoms with Gasteiger partial charge in [0.05, 0.1) is 6.20 Å². The van der Waals surface area contributed by atoms with Crippen molar-refractivity contribution in [2.24, 2.45) is 0 Å². The zero-order valence-electron chi connectivity index (χ0n) is 14.0. The van der Waals surface area contributed by atoms with Gasteiger partial charge < -0.3 is 5.32 Å². The number of hydrogen-bond donors (Lipinski definition) is 1. The maximum absolute atomic E-state index is 4.78. The summed E-state index contributed by atoms with van der Waals surface area (Å²) >= 11 is 3.49. The van der Waals surface area contributed by atoms with E-state index in [1.807, 2.05) is 22.7 Å². The van der Waals surface area contributed by atoms with Crippen LogP contribution < -0.4 is 5.32 Å². The van der Waals surface area contributed by atoms with E-state index in [1.54, 1.807) is 12.4 Å². The van der Waals surface area contributed by atoms with Crippen LogP contribution in [0.3, 0.4) is 0 Å². The van der Waals surface area contributed by atoms with Crippen LogP contribution in [0.4, 0.5) is 11.5 Å². The predicted octanol–water partition coefficient (Wildman–Crippen LogP) is 5.52. The Labute approximate surface area is 154 Å². The third-order valence-electron chi connectivity index (χ3n) is 4.18. The lowest BCUT2D eigenvalue weighted by atomic mass is 10.1. The zero-order valence-corrected chi connectivity index (χ0v) is 15.6. The van der Waals surface area contributed by atoms with E-state index in [1.165, 1.54) is 11.1 Å². The van der Waals surface area contributed by atoms with Gasteiger partial charge in [0.15, 0.2) is 5.65 Å². The molecule has 4 nitrogen and oxygen atoms in total. The van der Waals surface area contributed by atoms with Crippen LogP contribution in [0.1, 0.15) is 11.1 Å². The van der Waals surface area contributed by atoms with Gasteiger partial charge in [0.1, 0.15) is 11.5 Å². The van der Waals surface area contributed by atoms with Crippen LogP contribution in [0.5, 0.6) is 0 Å². The fraction of sp³-hybridized carbons (Fsp3) is 0.100. The summed E-state index contributed by atoms with van der Waals surface area (Å²) in [6.45, 7) is 4.21. The fourth-order valence-electron chi connectivity index (χ4n) is 2.92. The lowest BCUT2D eigenvalue weighted by molar-refractivity contribution is 1.13. The van der Waals surface area contributed by atoms with E-state index in [2.05, 4.69) is 70.4 Å². The molecule has 0 aliphatic heterocycles. The van der Waals surface area contributed by atoms with E-state index in [9.17, 15) is 0 Å². The van der Waals surface area contributed by atoms with Crippen molar-refractivity contribution in [3.63, 3.8) is 0 Å². The van der Waals surface area contributed by atoms with Gasteiger partial charge in [0, 0.05) is 28.1 Å². The average Bonchev–Trinajstić information content (AvgIpc) is 2.97. The first-order chi connectivity index (χ1) is 12.1. The van der Waals surface area contributed by atoms with E-state index >= 15 is 0 Å². The van der Waals surface area contributed by atoms with Crippen LogP contribution in [-0.4, -0.2) is 14.4 Å². The number of aryl methyl sites for hydroxylation is 2. The summed E-state index contributed by atoms with van der Waals surface area (Å²) < 4.78 is 3.08. The molecule has 4 rings (SSSR count). The van der Waals surface area contributed by atoms with Crippen molar-refractivity contribution in [1.82, 2.24) is 14.4 Å². The lowest BCUT2D eigenvalue weighted by Gasteiger charge is -2.12. The van der Waals surface area contributed by atoms with Crippen LogP contribution >= 0.6 is 15.9 Å². The maximum Gasteiger partial charge on any atom is 0.157 e. The highest BCUT2D eigenvalue weighted by Gasteiger charge is 2.15. The van der Waals surface area contributed by atoms with E-state index in [4.69, 9.17) is 4.98 Å². The van der Waals surface area contributed by atoms with Gasteiger partial charge in [-0.1, -0.05) is 45.8 Å². The summed E-state index contributed by atoms with van der Waals surface area (Å²) in [5.74, 6) is 0.937. The second-order valence-corrected chi connectivity index (χ2v) is 6.98. The molecule has 0 aliphatic rings. The van der Waals surface area contributed by atoms with Crippen LogP contribution in [-0.2, 0) is 0 Å². The molecule has 5 heteroatoms. The molecule has 25 heavy (non-hydrogen) atoms. The molecule has 4 aromatic rings. The molecule has 0 bridgehead atoms. The van der Waals surface area contributed by atoms with Crippen LogP contribution in [0.2, 0.25) is 0 Å². The molecule has 0 aliphatic carbocycles. The fourth-order valence-corrected chi connectivity index (χ4v) is 3.18. The minimum atomic E-state index is 0.813. The van der Waals surface area contributed by atoms with Gasteiger partial charge >= 0.3 is 0 Å². The second kappa shape index (κ2) is 6.33. The normalized spacial score (nSPS) is 11.0. The predicted molar refractivity (Wildman–Crippen MR) is 105 cm³/mol. The topological polar surface area (TPSA) is 42.2 Å². The average molecular weight is 393 g/mol. The van der Waals surface area contributed by atoms with Crippen molar-refractivity contribution in [2.75, 3.05) is 5.32 Å². The summed E-state index contributed by atoms with van der Waals surface area (Å²) in [5, 5.41) is 3.57. The van der Waals surface area contributed by atoms with Gasteiger partial charge in [-0.3, -0.25) is 9.38 Å². The Kier molecular flexibility index (Phi) is 4.01. The van der Waals surface area contributed by atoms with Gasteiger partial charge in [-0.15, -0.1) is 0 Å². The number of nitrogens with zero attached hydrogens (tertiary/aromatic N) is 3. The Morgan fingerprint density at radius 2 is 1.84 bits per heavy atom. The molecule has 124 valence electrons. The molecule has 2 aromatic carbocycles. The van der Waals surface area contributed by atoms with E-state index < -0.39 is 0 Å². The van der Waals surface area contributed by atoms with Crippen LogP contribution in [0.15, 0.2) is 65.5 Å². The van der Waals surface area contributed by atoms with E-state index in [-0.39, 0.29) is 0 Å². The Bertz CT molecular complexity index is 1050. The van der Waals surface area contributed by atoms with Crippen molar-refractivity contribution in [3.8, 4) is 11.3 Å². The minimum absolute atomic E-state index is 0.813. The third-order valence-corrected chi connectivity index (χ3v) is 4.71. The highest BCUT2D eigenvalue weighted by atomic mass is 79.9. The highest BCUT2D eigenvalue weighted by molar-refractivity contribution is 9.10. The molecule has 0 amide bonds. The number of anilines is 2. The van der Waals surface area contributed by atoms with Crippen molar-refractivity contribution < 1.29 is 0 Å². The van der Waals surface area contributed by atoms with Crippen LogP contribution in [0, 0.1) is 13.8 Å². The standard InChI is InChI=1S/C20H17BrN4/c1-13-3-8-17(14(2)11-13)23-20-19(15-4-6-16(21)7-5-15)24-18-12-22-9-10-25(18)20/h3-12,23H,1-2H3. The molecular formula is C20H17BrN4. The highest BCUT2D eigenvalue weighted by Crippen LogP contribution is 2.32. The molecule has 0 radical (unpaired) electrons. The first kappa shape index (κ1) is 15.8. The van der Waals surface area contributed by atoms with Crippen LogP contribution in [0.25, 0.3) is 16.9 Å². The second-order valence-electron chi connectivity index (χ2n) is 6.06. The van der Waals surface area contributed by atoms with Crippen molar-refractivity contribution in [2.45, 2.75) is 13.8 Å². The van der Waals surface area contributed by atoms with Gasteiger partial charge in [-0.25, -0.2) is 4.98 Å². The Hall–Kier alpha value is -2.66. The summed E-state index contributed by atoms with van der Waals surface area (Å²) in [7, 11) is 0. The van der Waals surface area contributed by atoms with Gasteiger partial charge in [0.2, 0.25) is 0 Å². The molecule has 1 N–H and O–H groups in total. The summed E-state index contributed by atoms with van der Waals surface area (Å²) in [4.78, 5) is 8.97. The Morgan fingerprint density at radius 3 is 2.60 bits per heavy atom. The SMILES string of the molecule is Cc1ccc(Nc2c(-c3ccc(Br)cc3)nc3cnccn23)c(C)c1. The molecule has 0 fully saturated rings. The quantitative estimate of drug-likeness (QED) is 0.499. The maximum atomic E-state index is 4.78. The van der Waals surface area contributed by atoms with Crippen molar-refractivity contribution >= 4 is 33.1 Å². The summed E-state index contributed by atoms with van der Waals surface area (Å²) in [5.41, 5.74) is 6.29. The number of benzene rings is 2. The van der Waals surface area contributed by atoms with Gasteiger partial charge in [0.25, 0.3) is 0 Å². The first-order valence-electron chi connectivity index (χ1n) is 8.04. The smallest absolute Gasteiger partial charge is 0.157 e. The molecular weight excluding hydrogens is 376 g/mol. The number of rotatable bonds is 3. The summed E-state index contributed by atoms with van der Waals surface area (Å²) in [6, 6.07) is 14.6. The number of halogens is 1. The Balaban J connectivity index is 1.88. The first-order valence-corrected chi connectivity index (χ1v) is 8.83. The zero-order chi connectivity index (χ0) is 17.4. The lowest BCUT2D eigenvalue weighted by Crippen LogP contribution is -1.99. The summed E-state index contributed by atoms with van der Waals surface area (Å²) in [6.07, 6.45) is 5.47. The molecule has 2 heterocycles. The number of imidazole rings is 1. The van der Waals surface area contributed by atoms with Crippen molar-refractivity contribution in [1.29, 1.82) is 0 Å². The largest absolute Gasteiger partial charge is 0.339 e. The molecule has 2 aromatic heterocycles. The number of aromatic nitrogens is 3. The molecule has 0 saturated carbocycles. The van der Waals surface area contributed by atoms with Gasteiger partial charge in [-0.2, -0.15) is 0 Å².